The predicted octanol–water partition coefficient (Wildman–Crippen LogP) is 5.29. The molecule has 1 atom stereocenters. The first-order valence-electron chi connectivity index (χ1n) is 6.91. The molecule has 0 saturated heterocycles. The maximum Gasteiger partial charge on any atom is 0.416 e. The third-order valence-corrected chi connectivity index (χ3v) is 4.74. The molecule has 112 valence electrons. The topological polar surface area (TPSA) is 26.0 Å². The van der Waals surface area contributed by atoms with E-state index in [0.717, 1.165) is 31.7 Å². The number of hydrogen-bond acceptors (Lipinski definition) is 1. The summed E-state index contributed by atoms with van der Waals surface area (Å²) in [6.45, 7) is 2.18. The van der Waals surface area contributed by atoms with Crippen LogP contribution in [0.5, 0.6) is 0 Å². The molecule has 1 aromatic carbocycles. The Morgan fingerprint density at radius 1 is 1.20 bits per heavy atom. The van der Waals surface area contributed by atoms with Crippen molar-refractivity contribution >= 4 is 15.9 Å². The summed E-state index contributed by atoms with van der Waals surface area (Å²) < 4.78 is 39.9. The summed E-state index contributed by atoms with van der Waals surface area (Å²) in [5.74, 6) is 0.805. The molecule has 0 bridgehead atoms. The van der Waals surface area contributed by atoms with Gasteiger partial charge in [-0.05, 0) is 42.4 Å². The molecule has 1 nitrogen and oxygen atoms in total. The van der Waals surface area contributed by atoms with Gasteiger partial charge in [-0.2, -0.15) is 13.2 Å². The number of benzene rings is 1. The molecule has 5 heteroatoms. The van der Waals surface area contributed by atoms with Crippen LogP contribution in [0.3, 0.4) is 0 Å². The van der Waals surface area contributed by atoms with E-state index in [4.69, 9.17) is 5.73 Å². The minimum Gasteiger partial charge on any atom is -0.324 e. The molecule has 0 aromatic heterocycles. The first-order chi connectivity index (χ1) is 9.29. The summed E-state index contributed by atoms with van der Waals surface area (Å²) in [6.07, 6.45) is -0.434. The summed E-state index contributed by atoms with van der Waals surface area (Å²) in [5, 5.41) is 0. The quantitative estimate of drug-likeness (QED) is 0.770. The highest BCUT2D eigenvalue weighted by molar-refractivity contribution is 9.10. The molecule has 1 saturated carbocycles. The number of halogens is 4. The second-order valence-corrected chi connectivity index (χ2v) is 6.69. The number of hydrogen-bond donors (Lipinski definition) is 1. The fraction of sp³-hybridized carbons (Fsp3) is 0.600. The van der Waals surface area contributed by atoms with Gasteiger partial charge >= 0.3 is 6.18 Å². The lowest BCUT2D eigenvalue weighted by atomic mass is 9.77. The van der Waals surface area contributed by atoms with Crippen molar-refractivity contribution in [3.63, 3.8) is 0 Å². The molecule has 0 radical (unpaired) electrons. The standard InChI is InChI=1S/C15H19BrF3N/c1-9-2-4-10(5-3-9)14(20)12-7-6-11(16)8-13(12)15(17,18)19/h6-10,14H,2-5,20H2,1H3. The lowest BCUT2D eigenvalue weighted by Gasteiger charge is -2.32. The molecule has 0 amide bonds. The second-order valence-electron chi connectivity index (χ2n) is 5.78. The fourth-order valence-corrected chi connectivity index (χ4v) is 3.32. The second kappa shape index (κ2) is 6.06. The van der Waals surface area contributed by atoms with Gasteiger partial charge in [-0.15, -0.1) is 0 Å². The molecule has 2 rings (SSSR count). The van der Waals surface area contributed by atoms with E-state index in [0.29, 0.717) is 10.4 Å². The Labute approximate surface area is 125 Å². The van der Waals surface area contributed by atoms with Gasteiger partial charge in [0.1, 0.15) is 0 Å². The van der Waals surface area contributed by atoms with Crippen LogP contribution in [0.2, 0.25) is 0 Å². The lowest BCUT2D eigenvalue weighted by Crippen LogP contribution is -2.27. The van der Waals surface area contributed by atoms with Crippen molar-refractivity contribution < 1.29 is 13.2 Å². The molecular weight excluding hydrogens is 331 g/mol. The van der Waals surface area contributed by atoms with E-state index >= 15 is 0 Å². The zero-order chi connectivity index (χ0) is 14.9. The van der Waals surface area contributed by atoms with Gasteiger partial charge in [0.25, 0.3) is 0 Å². The molecule has 20 heavy (non-hydrogen) atoms. The molecular formula is C15H19BrF3N. The van der Waals surface area contributed by atoms with Gasteiger partial charge in [-0.3, -0.25) is 0 Å². The van der Waals surface area contributed by atoms with Crippen molar-refractivity contribution in [1.29, 1.82) is 0 Å². The zero-order valence-corrected chi connectivity index (χ0v) is 13.0. The van der Waals surface area contributed by atoms with Crippen LogP contribution in [0, 0.1) is 11.8 Å². The fourth-order valence-electron chi connectivity index (χ4n) is 2.96. The Morgan fingerprint density at radius 3 is 2.35 bits per heavy atom. The van der Waals surface area contributed by atoms with Crippen LogP contribution in [0.1, 0.15) is 49.8 Å². The van der Waals surface area contributed by atoms with Crippen molar-refractivity contribution in [2.75, 3.05) is 0 Å². The number of rotatable bonds is 2. The highest BCUT2D eigenvalue weighted by Crippen LogP contribution is 2.41. The molecule has 1 unspecified atom stereocenters. The molecule has 1 aliphatic rings. The van der Waals surface area contributed by atoms with E-state index in [1.165, 1.54) is 6.07 Å². The average Bonchev–Trinajstić information content (AvgIpc) is 2.38. The summed E-state index contributed by atoms with van der Waals surface area (Å²) in [6, 6.07) is 3.74. The largest absolute Gasteiger partial charge is 0.416 e. The van der Waals surface area contributed by atoms with Gasteiger partial charge in [0, 0.05) is 10.5 Å². The van der Waals surface area contributed by atoms with Crippen molar-refractivity contribution in [2.24, 2.45) is 17.6 Å². The highest BCUT2D eigenvalue weighted by Gasteiger charge is 2.36. The highest BCUT2D eigenvalue weighted by atomic mass is 79.9. The zero-order valence-electron chi connectivity index (χ0n) is 11.4. The summed E-state index contributed by atoms with van der Waals surface area (Å²) in [7, 11) is 0. The van der Waals surface area contributed by atoms with Crippen molar-refractivity contribution in [1.82, 2.24) is 0 Å². The van der Waals surface area contributed by atoms with E-state index < -0.39 is 17.8 Å². The molecule has 1 fully saturated rings. The van der Waals surface area contributed by atoms with Crippen LogP contribution in [0.25, 0.3) is 0 Å². The Balaban J connectivity index is 2.27. The predicted molar refractivity (Wildman–Crippen MR) is 77.2 cm³/mol. The first-order valence-corrected chi connectivity index (χ1v) is 7.70. The SMILES string of the molecule is CC1CCC(C(N)c2ccc(Br)cc2C(F)(F)F)CC1. The Kier molecular flexibility index (Phi) is 4.80. The number of nitrogens with two attached hydrogens (primary N) is 1. The third kappa shape index (κ3) is 3.55. The Morgan fingerprint density at radius 2 is 1.80 bits per heavy atom. The van der Waals surface area contributed by atoms with E-state index in [2.05, 4.69) is 22.9 Å². The minimum atomic E-state index is -4.36. The molecule has 0 heterocycles. The molecule has 1 aliphatic carbocycles. The van der Waals surface area contributed by atoms with Gasteiger partial charge in [0.05, 0.1) is 5.56 Å². The van der Waals surface area contributed by atoms with Crippen molar-refractivity contribution in [3.05, 3.63) is 33.8 Å². The third-order valence-electron chi connectivity index (χ3n) is 4.25. The normalized spacial score (nSPS) is 25.5. The van der Waals surface area contributed by atoms with Crippen LogP contribution in [0.4, 0.5) is 13.2 Å². The monoisotopic (exact) mass is 349 g/mol. The Bertz CT molecular complexity index is 465. The molecule has 1 aromatic rings. The lowest BCUT2D eigenvalue weighted by molar-refractivity contribution is -0.138. The van der Waals surface area contributed by atoms with Gasteiger partial charge in [-0.25, -0.2) is 0 Å². The summed E-state index contributed by atoms with van der Waals surface area (Å²) in [4.78, 5) is 0. The molecule has 0 spiro atoms. The van der Waals surface area contributed by atoms with E-state index in [-0.39, 0.29) is 11.5 Å². The summed E-state index contributed by atoms with van der Waals surface area (Å²) >= 11 is 3.10. The summed E-state index contributed by atoms with van der Waals surface area (Å²) in [5.41, 5.74) is 5.76. The average molecular weight is 350 g/mol. The molecule has 2 N–H and O–H groups in total. The van der Waals surface area contributed by atoms with Gasteiger partial charge in [-0.1, -0.05) is 41.8 Å². The van der Waals surface area contributed by atoms with Crippen LogP contribution in [-0.2, 0) is 6.18 Å². The Hall–Kier alpha value is -0.550. The van der Waals surface area contributed by atoms with Crippen molar-refractivity contribution in [2.45, 2.75) is 44.8 Å². The van der Waals surface area contributed by atoms with Crippen LogP contribution in [-0.4, -0.2) is 0 Å². The van der Waals surface area contributed by atoms with Gasteiger partial charge in [0.15, 0.2) is 0 Å². The number of alkyl halides is 3. The maximum absolute atomic E-state index is 13.1. The van der Waals surface area contributed by atoms with Gasteiger partial charge in [0.2, 0.25) is 0 Å². The molecule has 0 aliphatic heterocycles. The van der Waals surface area contributed by atoms with E-state index in [1.54, 1.807) is 6.07 Å². The van der Waals surface area contributed by atoms with Crippen LogP contribution < -0.4 is 5.73 Å². The smallest absolute Gasteiger partial charge is 0.324 e. The van der Waals surface area contributed by atoms with E-state index in [9.17, 15) is 13.2 Å². The minimum absolute atomic E-state index is 0.147. The van der Waals surface area contributed by atoms with E-state index in [1.807, 2.05) is 0 Å². The van der Waals surface area contributed by atoms with Gasteiger partial charge < -0.3 is 5.73 Å². The van der Waals surface area contributed by atoms with Crippen LogP contribution >= 0.6 is 15.9 Å². The van der Waals surface area contributed by atoms with Crippen molar-refractivity contribution in [3.8, 4) is 0 Å². The van der Waals surface area contributed by atoms with Crippen LogP contribution in [0.15, 0.2) is 22.7 Å². The first kappa shape index (κ1) is 15.8. The maximum atomic E-state index is 13.1.